The summed E-state index contributed by atoms with van der Waals surface area (Å²) in [6.45, 7) is 5.24. The van der Waals surface area contributed by atoms with E-state index >= 15 is 0 Å². The summed E-state index contributed by atoms with van der Waals surface area (Å²) in [7, 11) is 0. The third kappa shape index (κ3) is 1.52. The Kier molecular flexibility index (Phi) is 2.28. The van der Waals surface area contributed by atoms with Crippen LogP contribution in [0, 0.1) is 19.3 Å². The highest BCUT2D eigenvalue weighted by Crippen LogP contribution is 2.23. The lowest BCUT2D eigenvalue weighted by atomic mass is 10.1. The van der Waals surface area contributed by atoms with Crippen LogP contribution in [0.1, 0.15) is 24.0 Å². The van der Waals surface area contributed by atoms with Crippen LogP contribution in [-0.2, 0) is 0 Å². The lowest BCUT2D eigenvalue weighted by Gasteiger charge is -2.18. The monoisotopic (exact) mass is 188 g/mol. The van der Waals surface area contributed by atoms with Gasteiger partial charge in [0, 0.05) is 18.7 Å². The van der Waals surface area contributed by atoms with Crippen molar-refractivity contribution in [1.29, 1.82) is 5.41 Å². The standard InChI is InChI=1S/C12H16N2/c1-9-5-6-11(8-10(9)2)14-7-3-4-12(14)13/h5-6,8,13H,3-4,7H2,1-2H3. The molecule has 2 heteroatoms. The van der Waals surface area contributed by atoms with E-state index in [1.54, 1.807) is 0 Å². The fraction of sp³-hybridized carbons (Fsp3) is 0.417. The predicted molar refractivity (Wildman–Crippen MR) is 60.2 cm³/mol. The molecule has 1 aromatic rings. The van der Waals surface area contributed by atoms with Crippen molar-refractivity contribution in [3.05, 3.63) is 29.3 Å². The molecule has 0 saturated carbocycles. The minimum absolute atomic E-state index is 0.758. The number of anilines is 1. The second-order valence-corrected chi connectivity index (χ2v) is 3.97. The Morgan fingerprint density at radius 1 is 1.21 bits per heavy atom. The summed E-state index contributed by atoms with van der Waals surface area (Å²) in [4.78, 5) is 2.10. The van der Waals surface area contributed by atoms with E-state index in [0.29, 0.717) is 0 Å². The van der Waals surface area contributed by atoms with Crippen LogP contribution in [0.3, 0.4) is 0 Å². The van der Waals surface area contributed by atoms with Crippen molar-refractivity contribution in [2.75, 3.05) is 11.4 Å². The molecule has 1 saturated heterocycles. The van der Waals surface area contributed by atoms with E-state index in [2.05, 4.69) is 36.9 Å². The molecule has 2 rings (SSSR count). The minimum atomic E-state index is 0.758. The normalized spacial score (nSPS) is 16.4. The first-order valence-corrected chi connectivity index (χ1v) is 5.11. The third-order valence-corrected chi connectivity index (χ3v) is 2.92. The van der Waals surface area contributed by atoms with Gasteiger partial charge in [-0.05, 0) is 43.5 Å². The van der Waals surface area contributed by atoms with Gasteiger partial charge in [-0.3, -0.25) is 5.41 Å². The second-order valence-electron chi connectivity index (χ2n) is 3.97. The van der Waals surface area contributed by atoms with E-state index < -0.39 is 0 Å². The third-order valence-electron chi connectivity index (χ3n) is 2.92. The van der Waals surface area contributed by atoms with Gasteiger partial charge in [-0.15, -0.1) is 0 Å². The van der Waals surface area contributed by atoms with E-state index in [4.69, 9.17) is 5.41 Å². The van der Waals surface area contributed by atoms with Crippen LogP contribution in [-0.4, -0.2) is 12.4 Å². The van der Waals surface area contributed by atoms with Gasteiger partial charge in [0.1, 0.15) is 5.84 Å². The van der Waals surface area contributed by atoms with Gasteiger partial charge in [0.25, 0.3) is 0 Å². The summed E-state index contributed by atoms with van der Waals surface area (Å²) in [5.41, 5.74) is 3.80. The molecule has 1 aliphatic rings. The van der Waals surface area contributed by atoms with Gasteiger partial charge in [0.05, 0.1) is 0 Å². The molecule has 1 N–H and O–H groups in total. The maximum absolute atomic E-state index is 7.79. The Bertz CT molecular complexity index is 369. The Morgan fingerprint density at radius 2 is 2.00 bits per heavy atom. The number of benzene rings is 1. The van der Waals surface area contributed by atoms with Crippen LogP contribution in [0.15, 0.2) is 18.2 Å². The molecule has 0 amide bonds. The lowest BCUT2D eigenvalue weighted by Crippen LogP contribution is -2.23. The highest BCUT2D eigenvalue weighted by molar-refractivity contribution is 5.97. The van der Waals surface area contributed by atoms with Crippen molar-refractivity contribution in [2.45, 2.75) is 26.7 Å². The van der Waals surface area contributed by atoms with Crippen molar-refractivity contribution in [2.24, 2.45) is 0 Å². The highest BCUT2D eigenvalue weighted by Gasteiger charge is 2.18. The van der Waals surface area contributed by atoms with Crippen LogP contribution < -0.4 is 4.90 Å². The lowest BCUT2D eigenvalue weighted by molar-refractivity contribution is 0.956. The highest BCUT2D eigenvalue weighted by atomic mass is 15.2. The molecule has 74 valence electrons. The molecule has 1 fully saturated rings. The molecule has 0 unspecified atom stereocenters. The smallest absolute Gasteiger partial charge is 0.100 e. The van der Waals surface area contributed by atoms with E-state index in [-0.39, 0.29) is 0 Å². The number of amidine groups is 1. The Morgan fingerprint density at radius 3 is 2.57 bits per heavy atom. The quantitative estimate of drug-likeness (QED) is 0.720. The maximum atomic E-state index is 7.79. The second kappa shape index (κ2) is 3.45. The Labute approximate surface area is 85.1 Å². The van der Waals surface area contributed by atoms with E-state index in [9.17, 15) is 0 Å². The molecule has 1 heterocycles. The Balaban J connectivity index is 2.32. The van der Waals surface area contributed by atoms with Crippen LogP contribution in [0.25, 0.3) is 0 Å². The minimum Gasteiger partial charge on any atom is -0.330 e. The topological polar surface area (TPSA) is 27.1 Å². The summed E-state index contributed by atoms with van der Waals surface area (Å²) in [5, 5.41) is 7.79. The first kappa shape index (κ1) is 9.25. The largest absolute Gasteiger partial charge is 0.330 e. The SMILES string of the molecule is Cc1ccc(N2CCCC2=N)cc1C. The summed E-state index contributed by atoms with van der Waals surface area (Å²) < 4.78 is 0. The average Bonchev–Trinajstić information content (AvgIpc) is 2.57. The molecule has 14 heavy (non-hydrogen) atoms. The molecule has 1 aliphatic heterocycles. The molecule has 0 bridgehead atoms. The maximum Gasteiger partial charge on any atom is 0.100 e. The zero-order valence-electron chi connectivity index (χ0n) is 8.80. The van der Waals surface area contributed by atoms with Crippen LogP contribution in [0.4, 0.5) is 5.69 Å². The molecular formula is C12H16N2. The van der Waals surface area contributed by atoms with Gasteiger partial charge in [-0.2, -0.15) is 0 Å². The van der Waals surface area contributed by atoms with Gasteiger partial charge in [-0.1, -0.05) is 6.07 Å². The van der Waals surface area contributed by atoms with Gasteiger partial charge in [0.2, 0.25) is 0 Å². The molecule has 0 radical (unpaired) electrons. The summed E-state index contributed by atoms with van der Waals surface area (Å²) in [6.07, 6.45) is 2.04. The van der Waals surface area contributed by atoms with Crippen molar-refractivity contribution in [3.8, 4) is 0 Å². The van der Waals surface area contributed by atoms with Crippen molar-refractivity contribution >= 4 is 11.5 Å². The number of hydrogen-bond donors (Lipinski definition) is 1. The molecule has 2 nitrogen and oxygen atoms in total. The molecule has 0 atom stereocenters. The number of nitrogens with one attached hydrogen (secondary N) is 1. The molecule has 0 aromatic heterocycles. The van der Waals surface area contributed by atoms with Gasteiger partial charge in [-0.25, -0.2) is 0 Å². The first-order chi connectivity index (χ1) is 6.68. The van der Waals surface area contributed by atoms with E-state index in [0.717, 1.165) is 25.2 Å². The predicted octanol–water partition coefficient (Wildman–Crippen LogP) is 2.88. The molecular weight excluding hydrogens is 172 g/mol. The van der Waals surface area contributed by atoms with E-state index in [1.807, 2.05) is 0 Å². The number of rotatable bonds is 1. The zero-order chi connectivity index (χ0) is 10.1. The fourth-order valence-electron chi connectivity index (χ4n) is 1.85. The number of hydrogen-bond acceptors (Lipinski definition) is 1. The van der Waals surface area contributed by atoms with Crippen molar-refractivity contribution in [1.82, 2.24) is 0 Å². The van der Waals surface area contributed by atoms with Crippen LogP contribution in [0.2, 0.25) is 0 Å². The van der Waals surface area contributed by atoms with Crippen molar-refractivity contribution < 1.29 is 0 Å². The van der Waals surface area contributed by atoms with Crippen LogP contribution >= 0.6 is 0 Å². The molecule has 1 aromatic carbocycles. The van der Waals surface area contributed by atoms with Gasteiger partial charge >= 0.3 is 0 Å². The zero-order valence-corrected chi connectivity index (χ0v) is 8.80. The van der Waals surface area contributed by atoms with Gasteiger partial charge < -0.3 is 4.90 Å². The van der Waals surface area contributed by atoms with Gasteiger partial charge in [0.15, 0.2) is 0 Å². The molecule has 0 spiro atoms. The number of aryl methyl sites for hydroxylation is 2. The molecule has 0 aliphatic carbocycles. The van der Waals surface area contributed by atoms with Crippen molar-refractivity contribution in [3.63, 3.8) is 0 Å². The van der Waals surface area contributed by atoms with E-state index in [1.165, 1.54) is 16.8 Å². The van der Waals surface area contributed by atoms with Crippen LogP contribution in [0.5, 0.6) is 0 Å². The number of nitrogens with zero attached hydrogens (tertiary/aromatic N) is 1. The average molecular weight is 188 g/mol. The first-order valence-electron chi connectivity index (χ1n) is 5.11. The summed E-state index contributed by atoms with van der Waals surface area (Å²) >= 11 is 0. The fourth-order valence-corrected chi connectivity index (χ4v) is 1.85. The summed E-state index contributed by atoms with van der Waals surface area (Å²) in [5.74, 6) is 0.758. The summed E-state index contributed by atoms with van der Waals surface area (Å²) in [6, 6.07) is 6.42. The Hall–Kier alpha value is -1.31.